The second-order valence-corrected chi connectivity index (χ2v) is 5.86. The molecule has 2 rings (SSSR count). The number of nitrogens with two attached hydrogens (primary N) is 1. The first-order valence-electron chi connectivity index (χ1n) is 6.61. The molecular weight excluding hydrogens is 272 g/mol. The van der Waals surface area contributed by atoms with Crippen LogP contribution < -0.4 is 11.1 Å². The lowest BCUT2D eigenvalue weighted by molar-refractivity contribution is 0.0948. The van der Waals surface area contributed by atoms with Crippen molar-refractivity contribution >= 4 is 17.2 Å². The van der Waals surface area contributed by atoms with E-state index in [-0.39, 0.29) is 11.8 Å². The van der Waals surface area contributed by atoms with E-state index in [9.17, 15) is 4.79 Å². The number of aryl methyl sites for hydroxylation is 1. The first kappa shape index (κ1) is 14.7. The van der Waals surface area contributed by atoms with Crippen LogP contribution in [0.3, 0.4) is 0 Å². The van der Waals surface area contributed by atoms with Gasteiger partial charge in [0, 0.05) is 29.5 Å². The minimum absolute atomic E-state index is 0.0544. The maximum Gasteiger partial charge on any atom is 0.253 e. The highest BCUT2D eigenvalue weighted by Gasteiger charge is 2.17. The number of carbonyl (C=O) groups is 1. The Hall–Kier alpha value is -1.66. The Balaban J connectivity index is 2.22. The van der Waals surface area contributed by atoms with Crippen LogP contribution in [0.15, 0.2) is 17.6 Å². The SMILES string of the molecule is Cc1cc(C(=O)NCC(C)CN)c(C)n1-c1nccs1. The predicted molar refractivity (Wildman–Crippen MR) is 81.5 cm³/mol. The molecule has 0 radical (unpaired) electrons. The van der Waals surface area contributed by atoms with Crippen molar-refractivity contribution in [3.8, 4) is 5.13 Å². The van der Waals surface area contributed by atoms with Gasteiger partial charge in [0.1, 0.15) is 0 Å². The zero-order valence-corrected chi connectivity index (χ0v) is 12.8. The van der Waals surface area contributed by atoms with Crippen molar-refractivity contribution in [2.75, 3.05) is 13.1 Å². The highest BCUT2D eigenvalue weighted by Crippen LogP contribution is 2.22. The molecule has 0 saturated carbocycles. The van der Waals surface area contributed by atoms with Crippen LogP contribution in [0.5, 0.6) is 0 Å². The second-order valence-electron chi connectivity index (χ2n) is 4.99. The van der Waals surface area contributed by atoms with Crippen LogP contribution in [0.1, 0.15) is 28.7 Å². The highest BCUT2D eigenvalue weighted by atomic mass is 32.1. The average molecular weight is 292 g/mol. The summed E-state index contributed by atoms with van der Waals surface area (Å²) >= 11 is 1.55. The van der Waals surface area contributed by atoms with Gasteiger partial charge in [-0.15, -0.1) is 11.3 Å². The molecule has 1 amide bonds. The molecule has 20 heavy (non-hydrogen) atoms. The van der Waals surface area contributed by atoms with Gasteiger partial charge in [-0.05, 0) is 32.4 Å². The fourth-order valence-electron chi connectivity index (χ4n) is 2.06. The molecule has 6 heteroatoms. The van der Waals surface area contributed by atoms with Gasteiger partial charge in [0.15, 0.2) is 5.13 Å². The number of nitrogens with zero attached hydrogens (tertiary/aromatic N) is 2. The Labute approximate surface area is 122 Å². The topological polar surface area (TPSA) is 72.9 Å². The lowest BCUT2D eigenvalue weighted by Crippen LogP contribution is -2.31. The molecule has 0 fully saturated rings. The van der Waals surface area contributed by atoms with E-state index in [0.29, 0.717) is 18.7 Å². The second kappa shape index (κ2) is 6.19. The van der Waals surface area contributed by atoms with E-state index in [0.717, 1.165) is 16.5 Å². The Morgan fingerprint density at radius 2 is 2.30 bits per heavy atom. The third-order valence-corrected chi connectivity index (χ3v) is 4.06. The van der Waals surface area contributed by atoms with Crippen molar-refractivity contribution in [2.24, 2.45) is 11.7 Å². The molecule has 1 unspecified atom stereocenters. The molecule has 3 N–H and O–H groups in total. The first-order chi connectivity index (χ1) is 9.54. The van der Waals surface area contributed by atoms with Crippen molar-refractivity contribution in [1.82, 2.24) is 14.9 Å². The summed E-state index contributed by atoms with van der Waals surface area (Å²) in [4.78, 5) is 16.5. The lowest BCUT2D eigenvalue weighted by atomic mass is 10.1. The number of thiazole rings is 1. The van der Waals surface area contributed by atoms with Crippen LogP contribution in [-0.4, -0.2) is 28.5 Å². The minimum Gasteiger partial charge on any atom is -0.352 e. The summed E-state index contributed by atoms with van der Waals surface area (Å²) in [6.07, 6.45) is 1.77. The normalized spacial score (nSPS) is 12.4. The van der Waals surface area contributed by atoms with Gasteiger partial charge < -0.3 is 11.1 Å². The molecule has 0 aromatic carbocycles. The maximum absolute atomic E-state index is 12.2. The van der Waals surface area contributed by atoms with E-state index in [1.165, 1.54) is 0 Å². The number of nitrogens with one attached hydrogen (secondary N) is 1. The Bertz CT molecular complexity index is 589. The smallest absolute Gasteiger partial charge is 0.253 e. The van der Waals surface area contributed by atoms with Crippen LogP contribution in [0.4, 0.5) is 0 Å². The summed E-state index contributed by atoms with van der Waals surface area (Å²) in [5, 5.41) is 5.74. The molecule has 2 heterocycles. The van der Waals surface area contributed by atoms with Crippen molar-refractivity contribution in [3.63, 3.8) is 0 Å². The largest absolute Gasteiger partial charge is 0.352 e. The van der Waals surface area contributed by atoms with Gasteiger partial charge in [0.2, 0.25) is 0 Å². The van der Waals surface area contributed by atoms with E-state index < -0.39 is 0 Å². The van der Waals surface area contributed by atoms with Crippen molar-refractivity contribution in [3.05, 3.63) is 34.6 Å². The van der Waals surface area contributed by atoms with Crippen LogP contribution >= 0.6 is 11.3 Å². The summed E-state index contributed by atoms with van der Waals surface area (Å²) in [7, 11) is 0. The Morgan fingerprint density at radius 1 is 1.55 bits per heavy atom. The summed E-state index contributed by atoms with van der Waals surface area (Å²) in [6.45, 7) is 7.09. The molecule has 0 aliphatic rings. The van der Waals surface area contributed by atoms with Gasteiger partial charge in [0.05, 0.1) is 5.56 Å². The Kier molecular flexibility index (Phi) is 4.57. The summed E-state index contributed by atoms with van der Waals surface area (Å²) in [5.41, 5.74) is 8.17. The predicted octanol–water partition coefficient (Wildman–Crippen LogP) is 1.88. The highest BCUT2D eigenvalue weighted by molar-refractivity contribution is 7.12. The molecular formula is C14H20N4OS. The standard InChI is InChI=1S/C14H20N4OS/c1-9(7-15)8-17-13(19)12-6-10(2)18(11(12)3)14-16-4-5-20-14/h4-6,9H,7-8,15H2,1-3H3,(H,17,19). The molecule has 0 saturated heterocycles. The molecule has 0 spiro atoms. The van der Waals surface area contributed by atoms with Crippen LogP contribution in [-0.2, 0) is 0 Å². The van der Waals surface area contributed by atoms with Crippen molar-refractivity contribution in [2.45, 2.75) is 20.8 Å². The zero-order chi connectivity index (χ0) is 14.7. The van der Waals surface area contributed by atoms with Crippen LogP contribution in [0.25, 0.3) is 5.13 Å². The molecule has 108 valence electrons. The number of aromatic nitrogens is 2. The third-order valence-electron chi connectivity index (χ3n) is 3.30. The van der Waals surface area contributed by atoms with Crippen LogP contribution in [0, 0.1) is 19.8 Å². The van der Waals surface area contributed by atoms with Gasteiger partial charge in [-0.3, -0.25) is 9.36 Å². The maximum atomic E-state index is 12.2. The summed E-state index contributed by atoms with van der Waals surface area (Å²) in [6, 6.07) is 1.90. The first-order valence-corrected chi connectivity index (χ1v) is 7.49. The van der Waals surface area contributed by atoms with Gasteiger partial charge in [-0.2, -0.15) is 0 Å². The van der Waals surface area contributed by atoms with Crippen molar-refractivity contribution in [1.29, 1.82) is 0 Å². The van der Waals surface area contributed by atoms with E-state index in [1.807, 2.05) is 36.8 Å². The van der Waals surface area contributed by atoms with E-state index in [4.69, 9.17) is 5.73 Å². The molecule has 0 aliphatic heterocycles. The van der Waals surface area contributed by atoms with Gasteiger partial charge >= 0.3 is 0 Å². The minimum atomic E-state index is -0.0544. The van der Waals surface area contributed by atoms with Gasteiger partial charge in [-0.25, -0.2) is 4.98 Å². The lowest BCUT2D eigenvalue weighted by Gasteiger charge is -2.10. The fraction of sp³-hybridized carbons (Fsp3) is 0.429. The third kappa shape index (κ3) is 2.91. The molecule has 0 aliphatic carbocycles. The Morgan fingerprint density at radius 3 is 2.90 bits per heavy atom. The quantitative estimate of drug-likeness (QED) is 0.883. The van der Waals surface area contributed by atoms with Gasteiger partial charge in [0.25, 0.3) is 5.91 Å². The molecule has 2 aromatic rings. The molecule has 2 aromatic heterocycles. The van der Waals surface area contributed by atoms with Crippen LogP contribution in [0.2, 0.25) is 0 Å². The van der Waals surface area contributed by atoms with E-state index in [1.54, 1.807) is 17.5 Å². The number of rotatable bonds is 5. The monoisotopic (exact) mass is 292 g/mol. The van der Waals surface area contributed by atoms with Crippen molar-refractivity contribution < 1.29 is 4.79 Å². The number of carbonyl (C=O) groups excluding carboxylic acids is 1. The molecule has 1 atom stereocenters. The summed E-state index contributed by atoms with van der Waals surface area (Å²) < 4.78 is 2.01. The molecule has 0 bridgehead atoms. The number of hydrogen-bond donors (Lipinski definition) is 2. The average Bonchev–Trinajstić information content (AvgIpc) is 3.03. The van der Waals surface area contributed by atoms with E-state index in [2.05, 4.69) is 10.3 Å². The zero-order valence-electron chi connectivity index (χ0n) is 12.0. The van der Waals surface area contributed by atoms with Gasteiger partial charge in [-0.1, -0.05) is 6.92 Å². The summed E-state index contributed by atoms with van der Waals surface area (Å²) in [5.74, 6) is 0.225. The molecule has 5 nitrogen and oxygen atoms in total. The number of amides is 1. The fourth-order valence-corrected chi connectivity index (χ4v) is 2.81. The number of hydrogen-bond acceptors (Lipinski definition) is 4. The van der Waals surface area contributed by atoms with E-state index >= 15 is 0 Å².